The summed E-state index contributed by atoms with van der Waals surface area (Å²) < 4.78 is 35.3. The van der Waals surface area contributed by atoms with Crippen LogP contribution in [0.1, 0.15) is 20.3 Å². The third kappa shape index (κ3) is 5.22. The summed E-state index contributed by atoms with van der Waals surface area (Å²) in [4.78, 5) is 10.9. The van der Waals surface area contributed by atoms with Gasteiger partial charge in [0.15, 0.2) is 5.78 Å². The molecule has 0 saturated carbocycles. The van der Waals surface area contributed by atoms with E-state index in [9.17, 15) is 18.0 Å². The summed E-state index contributed by atoms with van der Waals surface area (Å²) in [5, 5.41) is 0. The zero-order chi connectivity index (χ0) is 10.5. The van der Waals surface area contributed by atoms with E-state index in [1.807, 2.05) is 0 Å². The fraction of sp³-hybridized carbons (Fsp3) is 0.444. The van der Waals surface area contributed by atoms with Crippen molar-refractivity contribution in [1.82, 2.24) is 0 Å². The van der Waals surface area contributed by atoms with Gasteiger partial charge < -0.3 is 0 Å². The van der Waals surface area contributed by atoms with Crippen LogP contribution in [0.4, 0.5) is 13.2 Å². The molecule has 0 radical (unpaired) electrons. The summed E-state index contributed by atoms with van der Waals surface area (Å²) in [6.07, 6.45) is -1.55. The van der Waals surface area contributed by atoms with Crippen LogP contribution < -0.4 is 0 Å². The first kappa shape index (κ1) is 11.9. The molecule has 1 nitrogen and oxygen atoms in total. The molecule has 13 heavy (non-hydrogen) atoms. The van der Waals surface area contributed by atoms with E-state index < -0.39 is 18.4 Å². The quantitative estimate of drug-likeness (QED) is 0.496. The van der Waals surface area contributed by atoms with E-state index in [2.05, 4.69) is 0 Å². The lowest BCUT2D eigenvalue weighted by Gasteiger charge is -2.05. The second kappa shape index (κ2) is 4.84. The normalized spacial score (nSPS) is 13.8. The Labute approximate surface area is 74.9 Å². The Morgan fingerprint density at radius 1 is 1.31 bits per heavy atom. The van der Waals surface area contributed by atoms with Crippen LogP contribution in [0.25, 0.3) is 0 Å². The summed E-state index contributed by atoms with van der Waals surface area (Å²) in [7, 11) is 0. The summed E-state index contributed by atoms with van der Waals surface area (Å²) in [6, 6.07) is 0. The molecule has 0 amide bonds. The van der Waals surface area contributed by atoms with Gasteiger partial charge in [-0.1, -0.05) is 18.2 Å². The average Bonchev–Trinajstić information content (AvgIpc) is 1.96. The molecule has 0 aromatic heterocycles. The van der Waals surface area contributed by atoms with Gasteiger partial charge in [0.1, 0.15) is 6.42 Å². The molecular weight excluding hydrogens is 181 g/mol. The molecule has 0 bridgehead atoms. The molecular formula is C9H11F3O. The number of carbonyl (C=O) groups is 1. The third-order valence-electron chi connectivity index (χ3n) is 1.34. The van der Waals surface area contributed by atoms with Gasteiger partial charge in [-0.25, -0.2) is 0 Å². The minimum Gasteiger partial charge on any atom is -0.294 e. The molecule has 0 heterocycles. The number of ketones is 1. The Bertz CT molecular complexity index is 236. The van der Waals surface area contributed by atoms with Crippen molar-refractivity contribution < 1.29 is 18.0 Å². The average molecular weight is 192 g/mol. The van der Waals surface area contributed by atoms with Crippen molar-refractivity contribution in [1.29, 1.82) is 0 Å². The first-order chi connectivity index (χ1) is 5.90. The Balaban J connectivity index is 4.42. The van der Waals surface area contributed by atoms with Crippen LogP contribution >= 0.6 is 0 Å². The predicted octanol–water partition coefficient (Wildman–Crippen LogP) is 3.03. The molecule has 0 fully saturated rings. The van der Waals surface area contributed by atoms with E-state index in [-0.39, 0.29) is 5.57 Å². The predicted molar refractivity (Wildman–Crippen MR) is 44.3 cm³/mol. The van der Waals surface area contributed by atoms with E-state index in [1.54, 1.807) is 6.92 Å². The highest BCUT2D eigenvalue weighted by Crippen LogP contribution is 2.21. The number of halogens is 3. The largest absolute Gasteiger partial charge is 0.396 e. The second-order valence-electron chi connectivity index (χ2n) is 2.46. The molecule has 0 N–H and O–H groups in total. The van der Waals surface area contributed by atoms with Crippen molar-refractivity contribution in [3.63, 3.8) is 0 Å². The highest BCUT2D eigenvalue weighted by Gasteiger charge is 2.31. The molecule has 0 spiro atoms. The molecule has 0 saturated heterocycles. The van der Waals surface area contributed by atoms with Crippen LogP contribution in [0, 0.1) is 0 Å². The molecule has 0 aliphatic rings. The van der Waals surface area contributed by atoms with Gasteiger partial charge in [-0.15, -0.1) is 0 Å². The van der Waals surface area contributed by atoms with Gasteiger partial charge >= 0.3 is 6.18 Å². The molecule has 0 rings (SSSR count). The molecule has 4 heteroatoms. The molecule has 0 unspecified atom stereocenters. The topological polar surface area (TPSA) is 17.1 Å². The van der Waals surface area contributed by atoms with Crippen molar-refractivity contribution >= 4 is 5.78 Å². The van der Waals surface area contributed by atoms with Crippen molar-refractivity contribution in [3.05, 3.63) is 23.8 Å². The maximum Gasteiger partial charge on any atom is 0.396 e. The maximum absolute atomic E-state index is 11.8. The molecule has 0 atom stereocenters. The van der Waals surface area contributed by atoms with E-state index >= 15 is 0 Å². The van der Waals surface area contributed by atoms with E-state index in [0.717, 1.165) is 0 Å². The maximum atomic E-state index is 11.8. The lowest BCUT2D eigenvalue weighted by atomic mass is 10.1. The van der Waals surface area contributed by atoms with Gasteiger partial charge in [-0.05, 0) is 13.8 Å². The first-order valence-electron chi connectivity index (χ1n) is 3.79. The number of hydrogen-bond acceptors (Lipinski definition) is 1. The summed E-state index contributed by atoms with van der Waals surface area (Å²) in [5.74, 6) is -0.895. The van der Waals surface area contributed by atoms with E-state index in [0.29, 0.717) is 0 Å². The fourth-order valence-electron chi connectivity index (χ4n) is 0.814. The van der Waals surface area contributed by atoms with Crippen molar-refractivity contribution in [2.45, 2.75) is 26.4 Å². The van der Waals surface area contributed by atoms with Crippen LogP contribution in [0.15, 0.2) is 23.8 Å². The van der Waals surface area contributed by atoms with Crippen molar-refractivity contribution in [2.75, 3.05) is 0 Å². The summed E-state index contributed by atoms with van der Waals surface area (Å²) in [6.45, 7) is 3.17. The highest BCUT2D eigenvalue weighted by atomic mass is 19.4. The number of alkyl halides is 3. The Hall–Kier alpha value is -1.06. The number of hydrogen-bond donors (Lipinski definition) is 0. The Morgan fingerprint density at radius 2 is 1.85 bits per heavy atom. The van der Waals surface area contributed by atoms with Crippen LogP contribution in [-0.4, -0.2) is 12.0 Å². The standard InChI is InChI=1S/C9H11F3O/c1-3-5-7(4-2)8(13)6-9(10,11)12/h3-5H,6H2,1-2H3. The van der Waals surface area contributed by atoms with Gasteiger partial charge in [-0.3, -0.25) is 4.79 Å². The Kier molecular flexibility index (Phi) is 4.45. The van der Waals surface area contributed by atoms with Crippen molar-refractivity contribution in [2.24, 2.45) is 0 Å². The molecule has 74 valence electrons. The molecule has 0 aliphatic carbocycles. The van der Waals surface area contributed by atoms with Crippen LogP contribution in [0.5, 0.6) is 0 Å². The monoisotopic (exact) mass is 192 g/mol. The molecule has 0 aromatic rings. The molecule has 0 aromatic carbocycles. The fourth-order valence-corrected chi connectivity index (χ4v) is 0.814. The Morgan fingerprint density at radius 3 is 2.15 bits per heavy atom. The van der Waals surface area contributed by atoms with Crippen LogP contribution in [0.2, 0.25) is 0 Å². The summed E-state index contributed by atoms with van der Waals surface area (Å²) >= 11 is 0. The number of rotatable bonds is 3. The first-order valence-corrected chi connectivity index (χ1v) is 3.79. The van der Waals surface area contributed by atoms with Gasteiger partial charge in [0.25, 0.3) is 0 Å². The van der Waals surface area contributed by atoms with Gasteiger partial charge in [0.05, 0.1) is 0 Å². The van der Waals surface area contributed by atoms with E-state index in [4.69, 9.17) is 0 Å². The van der Waals surface area contributed by atoms with Crippen LogP contribution in [0.3, 0.4) is 0 Å². The molecule has 0 aliphatic heterocycles. The van der Waals surface area contributed by atoms with Gasteiger partial charge in [-0.2, -0.15) is 13.2 Å². The highest BCUT2D eigenvalue weighted by molar-refractivity contribution is 5.98. The van der Waals surface area contributed by atoms with Crippen LogP contribution in [-0.2, 0) is 4.79 Å². The third-order valence-corrected chi connectivity index (χ3v) is 1.34. The van der Waals surface area contributed by atoms with E-state index in [1.165, 1.54) is 25.2 Å². The lowest BCUT2D eigenvalue weighted by molar-refractivity contribution is -0.149. The zero-order valence-corrected chi connectivity index (χ0v) is 7.48. The zero-order valence-electron chi connectivity index (χ0n) is 7.48. The van der Waals surface area contributed by atoms with Gasteiger partial charge in [0.2, 0.25) is 0 Å². The lowest BCUT2D eigenvalue weighted by Crippen LogP contribution is -2.15. The minimum atomic E-state index is -4.42. The minimum absolute atomic E-state index is 0.0971. The summed E-state index contributed by atoms with van der Waals surface area (Å²) in [5.41, 5.74) is 0.0971. The number of carbonyl (C=O) groups excluding carboxylic acids is 1. The SMILES string of the molecule is CC=CC(=CC)C(=O)CC(F)(F)F. The second-order valence-corrected chi connectivity index (χ2v) is 2.46. The van der Waals surface area contributed by atoms with Crippen molar-refractivity contribution in [3.8, 4) is 0 Å². The van der Waals surface area contributed by atoms with Gasteiger partial charge in [0, 0.05) is 5.57 Å². The number of allylic oxidation sites excluding steroid dienone is 4. The number of Topliss-reactive ketones (excluding diaryl/α,β-unsaturated/α-hetero) is 1. The smallest absolute Gasteiger partial charge is 0.294 e.